The minimum Gasteiger partial charge on any atom is -0.822 e. The Morgan fingerprint density at radius 1 is 1.12 bits per heavy atom. The van der Waals surface area contributed by atoms with Gasteiger partial charge in [0, 0.05) is 0 Å². The van der Waals surface area contributed by atoms with Gasteiger partial charge in [0.15, 0.2) is 0 Å². The van der Waals surface area contributed by atoms with Crippen molar-refractivity contribution < 1.29 is 63.1 Å². The summed E-state index contributed by atoms with van der Waals surface area (Å²) in [4.78, 5) is 25.6. The molecule has 0 unspecified atom stereocenters. The van der Waals surface area contributed by atoms with Crippen molar-refractivity contribution in [1.82, 2.24) is 0 Å². The molecule has 0 aromatic carbocycles. The molecular weight excluding hydrogens is 183 g/mol. The molecule has 0 aliphatic rings. The molecule has 8 heavy (non-hydrogen) atoms. The first-order valence-corrected chi connectivity index (χ1v) is 2.19. The van der Waals surface area contributed by atoms with Crippen molar-refractivity contribution in [1.29, 1.82) is 0 Å². The molecule has 0 radical (unpaired) electrons. The molecule has 8 heteroatoms. The van der Waals surface area contributed by atoms with Crippen molar-refractivity contribution in [3.05, 3.63) is 0 Å². The van der Waals surface area contributed by atoms with Gasteiger partial charge in [0.1, 0.15) is 0 Å². The molecule has 0 aliphatic heterocycles. The van der Waals surface area contributed by atoms with E-state index in [1.165, 1.54) is 0 Å². The molecule has 0 spiro atoms. The van der Waals surface area contributed by atoms with Crippen LogP contribution in [0.3, 0.4) is 0 Å². The summed E-state index contributed by atoms with van der Waals surface area (Å²) in [6.45, 7) is 0. The largest absolute Gasteiger partial charge is 2.00 e. The molecule has 0 heterocycles. The second-order valence-corrected chi connectivity index (χ2v) is 1.34. The summed E-state index contributed by atoms with van der Waals surface area (Å²) < 4.78 is 8.55. The summed E-state index contributed by atoms with van der Waals surface area (Å²) in [5.74, 6) is 0. The molecule has 0 aromatic rings. The zero-order valence-corrected chi connectivity index (χ0v) is 8.15. The minimum absolute atomic E-state index is 0. The van der Waals surface area contributed by atoms with Gasteiger partial charge < -0.3 is 24.7 Å². The third-order valence-corrected chi connectivity index (χ3v) is 0. The van der Waals surface area contributed by atoms with Gasteiger partial charge in [-0.05, 0) is 0 Å². The van der Waals surface area contributed by atoms with Crippen LogP contribution < -0.4 is 33.5 Å². The average Bonchev–Trinajstić information content (AvgIpc) is 0.722. The maximum Gasteiger partial charge on any atom is 2.00 e. The summed E-state index contributed by atoms with van der Waals surface area (Å²) in [5, 5.41) is 0. The maximum absolute atomic E-state index is 8.55. The molecule has 0 saturated carbocycles. The Morgan fingerprint density at radius 3 is 1.12 bits per heavy atom. The van der Waals surface area contributed by atoms with Crippen LogP contribution >= 0.6 is 7.82 Å². The predicted octanol–water partition coefficient (Wildman–Crippen LogP) is -6.65. The normalized spacial score (nSPS) is 7.38. The van der Waals surface area contributed by atoms with Gasteiger partial charge in [0.05, 0.1) is 0 Å². The maximum atomic E-state index is 8.55. The molecule has 0 saturated heterocycles. The molecule has 0 amide bonds. The van der Waals surface area contributed by atoms with Gasteiger partial charge in [-0.2, -0.15) is 7.82 Å². The number of hydrogen-bond donors (Lipinski definition) is 0. The second-order valence-electron chi connectivity index (χ2n) is 0.447. The Labute approximate surface area is 71.0 Å². The topological polar surface area (TPSA) is 118 Å². The van der Waals surface area contributed by atoms with E-state index >= 15 is 0 Å². The number of hydrogen-bond acceptors (Lipinski definition) is 4. The van der Waals surface area contributed by atoms with Gasteiger partial charge in [-0.15, -0.1) is 0 Å². The van der Waals surface area contributed by atoms with E-state index in [-0.39, 0.29) is 43.8 Å². The zero-order chi connectivity index (χ0) is 4.50. The van der Waals surface area contributed by atoms with Crippen LogP contribution in [-0.2, 0) is 24.0 Å². The quantitative estimate of drug-likeness (QED) is 0.275. The SMILES string of the molecule is O.O=P([O-])([O-])[O-].[Li+].[Zn+2]. The summed E-state index contributed by atoms with van der Waals surface area (Å²) in [6, 6.07) is 0. The summed E-state index contributed by atoms with van der Waals surface area (Å²) in [6.07, 6.45) is 0. The van der Waals surface area contributed by atoms with Gasteiger partial charge in [0.2, 0.25) is 0 Å². The molecule has 0 fully saturated rings. The average molecular weight is 185 g/mol. The molecule has 0 atom stereocenters. The van der Waals surface area contributed by atoms with E-state index in [1.807, 2.05) is 0 Å². The minimum atomic E-state index is -5.39. The first-order chi connectivity index (χ1) is 2.00. The van der Waals surface area contributed by atoms with Gasteiger partial charge >= 0.3 is 38.3 Å². The van der Waals surface area contributed by atoms with E-state index in [0.29, 0.717) is 0 Å². The van der Waals surface area contributed by atoms with Crippen LogP contribution in [0, 0.1) is 0 Å². The van der Waals surface area contributed by atoms with Gasteiger partial charge in [-0.3, -0.25) is 0 Å². The third kappa shape index (κ3) is 173. The van der Waals surface area contributed by atoms with Crippen LogP contribution in [0.5, 0.6) is 0 Å². The molecular formula is H2LiO5PZn. The Hall–Kier alpha value is 1.29. The van der Waals surface area contributed by atoms with Crippen LogP contribution in [0.4, 0.5) is 0 Å². The van der Waals surface area contributed by atoms with E-state index in [4.69, 9.17) is 19.2 Å². The summed E-state index contributed by atoms with van der Waals surface area (Å²) in [7, 11) is -5.39. The van der Waals surface area contributed by atoms with Crippen molar-refractivity contribution in [2.24, 2.45) is 0 Å². The fourth-order valence-corrected chi connectivity index (χ4v) is 0. The monoisotopic (exact) mass is 184 g/mol. The third-order valence-electron chi connectivity index (χ3n) is 0. The first kappa shape index (κ1) is 22.8. The number of rotatable bonds is 0. The summed E-state index contributed by atoms with van der Waals surface area (Å²) >= 11 is 0. The van der Waals surface area contributed by atoms with E-state index in [2.05, 4.69) is 0 Å². The first-order valence-electron chi connectivity index (χ1n) is 0.730. The molecule has 0 aromatic heterocycles. The summed E-state index contributed by atoms with van der Waals surface area (Å²) in [5.41, 5.74) is 0. The van der Waals surface area contributed by atoms with Crippen LogP contribution in [0.15, 0.2) is 0 Å². The van der Waals surface area contributed by atoms with Crippen molar-refractivity contribution in [3.8, 4) is 0 Å². The van der Waals surface area contributed by atoms with Gasteiger partial charge in [-0.1, -0.05) is 0 Å². The van der Waals surface area contributed by atoms with E-state index in [9.17, 15) is 0 Å². The Kier molecular flexibility index (Phi) is 23.6. The molecule has 5 nitrogen and oxygen atoms in total. The number of phosphoric acid groups is 1. The molecule has 40 valence electrons. The molecule has 2 N–H and O–H groups in total. The Morgan fingerprint density at radius 2 is 1.12 bits per heavy atom. The standard InChI is InChI=1S/Li.H3O4P.H2O.Zn/c;1-5(2,3)4;;/h;(H3,1,2,3,4);1H2;/q+1;;;+2/p-3. The van der Waals surface area contributed by atoms with Crippen molar-refractivity contribution in [2.45, 2.75) is 0 Å². The molecule has 0 aliphatic carbocycles. The van der Waals surface area contributed by atoms with Crippen LogP contribution in [0.1, 0.15) is 0 Å². The molecule has 0 rings (SSSR count). The van der Waals surface area contributed by atoms with Crippen LogP contribution in [-0.4, -0.2) is 5.48 Å². The van der Waals surface area contributed by atoms with Gasteiger partial charge in [0.25, 0.3) is 0 Å². The predicted molar refractivity (Wildman–Crippen MR) is 11.2 cm³/mol. The van der Waals surface area contributed by atoms with Gasteiger partial charge in [-0.25, -0.2) is 0 Å². The fraction of sp³-hybridized carbons (Fsp3) is 0. The second kappa shape index (κ2) is 8.29. The Bertz CT molecular complexity index is 58.6. The van der Waals surface area contributed by atoms with Crippen molar-refractivity contribution in [3.63, 3.8) is 0 Å². The van der Waals surface area contributed by atoms with Crippen molar-refractivity contribution >= 4 is 7.82 Å². The molecule has 0 bridgehead atoms. The van der Waals surface area contributed by atoms with Crippen molar-refractivity contribution in [2.75, 3.05) is 0 Å². The van der Waals surface area contributed by atoms with E-state index < -0.39 is 7.82 Å². The zero-order valence-electron chi connectivity index (χ0n) is 4.29. The van der Waals surface area contributed by atoms with Crippen LogP contribution in [0.25, 0.3) is 0 Å². The fourth-order valence-electron chi connectivity index (χ4n) is 0. The Balaban J connectivity index is -0.0000000267. The van der Waals surface area contributed by atoms with E-state index in [0.717, 1.165) is 0 Å². The smallest absolute Gasteiger partial charge is 0.822 e. The van der Waals surface area contributed by atoms with Crippen LogP contribution in [0.2, 0.25) is 0 Å². The van der Waals surface area contributed by atoms with E-state index in [1.54, 1.807) is 0 Å².